The Morgan fingerprint density at radius 1 is 1.32 bits per heavy atom. The summed E-state index contributed by atoms with van der Waals surface area (Å²) in [6.07, 6.45) is 3.42. The largest absolute Gasteiger partial charge is 0.494 e. The third-order valence-corrected chi connectivity index (χ3v) is 4.82. The molecule has 5 nitrogen and oxygen atoms in total. The number of thioether (sulfide) groups is 1. The average Bonchev–Trinajstić information content (AvgIpc) is 2.70. The third-order valence-electron chi connectivity index (χ3n) is 4.10. The van der Waals surface area contributed by atoms with Gasteiger partial charge in [-0.05, 0) is 51.3 Å². The van der Waals surface area contributed by atoms with Crippen LogP contribution in [0.5, 0.6) is 5.75 Å². The van der Waals surface area contributed by atoms with Gasteiger partial charge in [-0.2, -0.15) is 5.26 Å². The molecule has 2 N–H and O–H groups in total. The van der Waals surface area contributed by atoms with Crippen molar-refractivity contribution in [3.05, 3.63) is 65.4 Å². The Hall–Kier alpha value is -2.91. The van der Waals surface area contributed by atoms with Gasteiger partial charge in [0.15, 0.2) is 0 Å². The maximum Gasteiger partial charge on any atom is 0.263 e. The number of hydrogen-bond acceptors (Lipinski definition) is 5. The van der Waals surface area contributed by atoms with E-state index in [0.717, 1.165) is 27.5 Å². The highest BCUT2D eigenvalue weighted by Crippen LogP contribution is 2.26. The van der Waals surface area contributed by atoms with Crippen molar-refractivity contribution in [3.8, 4) is 11.8 Å². The fourth-order valence-electron chi connectivity index (χ4n) is 2.66. The summed E-state index contributed by atoms with van der Waals surface area (Å²) < 4.78 is 5.66. The number of carbonyl (C=O) groups excluding carboxylic acids is 1. The van der Waals surface area contributed by atoms with E-state index < -0.39 is 5.91 Å². The molecule has 0 saturated carbocycles. The van der Waals surface area contributed by atoms with Crippen molar-refractivity contribution in [2.75, 3.05) is 18.2 Å². The molecule has 0 heterocycles. The van der Waals surface area contributed by atoms with Crippen LogP contribution in [0, 0.1) is 18.3 Å². The first-order valence-corrected chi connectivity index (χ1v) is 10.3. The number of nitrogens with zero attached hydrogens (tertiary/aromatic N) is 1. The van der Waals surface area contributed by atoms with Gasteiger partial charge in [-0.15, -0.1) is 11.8 Å². The number of amides is 1. The molecule has 1 unspecified atom stereocenters. The smallest absolute Gasteiger partial charge is 0.263 e. The summed E-state index contributed by atoms with van der Waals surface area (Å²) in [6.45, 7) is 6.32. The number of carbonyl (C=O) groups is 1. The minimum absolute atomic E-state index is 0.00650. The lowest BCUT2D eigenvalue weighted by Gasteiger charge is -2.18. The fourth-order valence-corrected chi connectivity index (χ4v) is 3.12. The summed E-state index contributed by atoms with van der Waals surface area (Å²) >= 11 is 1.62. The molecular weight excluding hydrogens is 370 g/mol. The molecule has 0 aliphatic rings. The maximum absolute atomic E-state index is 12.6. The number of nitrogens with one attached hydrogen (secondary N) is 2. The third kappa shape index (κ3) is 5.80. The molecule has 0 aliphatic heterocycles. The summed E-state index contributed by atoms with van der Waals surface area (Å²) in [5.41, 5.74) is 2.78. The lowest BCUT2D eigenvalue weighted by atomic mass is 10.0. The summed E-state index contributed by atoms with van der Waals surface area (Å²) in [6, 6.07) is 15.3. The van der Waals surface area contributed by atoms with Crippen LogP contribution in [0.25, 0.3) is 0 Å². The quantitative estimate of drug-likeness (QED) is 0.381. The number of nitriles is 1. The van der Waals surface area contributed by atoms with Gasteiger partial charge in [-0.25, -0.2) is 0 Å². The second-order valence-electron chi connectivity index (χ2n) is 6.22. The molecule has 1 amide bonds. The van der Waals surface area contributed by atoms with E-state index in [1.165, 1.54) is 6.20 Å². The molecule has 2 aromatic carbocycles. The Morgan fingerprint density at radius 2 is 2.11 bits per heavy atom. The molecule has 0 saturated heterocycles. The molecule has 0 aromatic heterocycles. The minimum Gasteiger partial charge on any atom is -0.494 e. The highest BCUT2D eigenvalue weighted by molar-refractivity contribution is 7.98. The standard InChI is InChI=1S/C22H25N3O2S/c1-5-27-21-10-9-15(2)11-20(21)16(3)25-22(26)17(13-23)14-24-18-7-6-8-19(12-18)28-4/h6-12,14,16,24H,5H2,1-4H3,(H,25,26)/b17-14-. The molecule has 0 fully saturated rings. The van der Waals surface area contributed by atoms with Crippen LogP contribution >= 0.6 is 11.8 Å². The summed E-state index contributed by atoms with van der Waals surface area (Å²) in [4.78, 5) is 13.7. The lowest BCUT2D eigenvalue weighted by Crippen LogP contribution is -2.28. The summed E-state index contributed by atoms with van der Waals surface area (Å²) in [5.74, 6) is 0.294. The van der Waals surface area contributed by atoms with Gasteiger partial charge in [0.25, 0.3) is 5.91 Å². The monoisotopic (exact) mass is 395 g/mol. The molecule has 0 radical (unpaired) electrons. The van der Waals surface area contributed by atoms with Gasteiger partial charge < -0.3 is 15.4 Å². The minimum atomic E-state index is -0.438. The second kappa shape index (κ2) is 10.4. The highest BCUT2D eigenvalue weighted by Gasteiger charge is 2.17. The van der Waals surface area contributed by atoms with Crippen molar-refractivity contribution in [1.29, 1.82) is 5.26 Å². The predicted molar refractivity (Wildman–Crippen MR) is 114 cm³/mol. The van der Waals surface area contributed by atoms with Crippen molar-refractivity contribution >= 4 is 23.4 Å². The molecule has 2 aromatic rings. The topological polar surface area (TPSA) is 74.1 Å². The van der Waals surface area contributed by atoms with E-state index in [0.29, 0.717) is 6.61 Å². The van der Waals surface area contributed by atoms with Gasteiger partial charge >= 0.3 is 0 Å². The lowest BCUT2D eigenvalue weighted by molar-refractivity contribution is -0.117. The number of ether oxygens (including phenoxy) is 1. The van der Waals surface area contributed by atoms with Crippen LogP contribution in [0.3, 0.4) is 0 Å². The predicted octanol–water partition coefficient (Wildman–Crippen LogP) is 4.81. The summed E-state index contributed by atoms with van der Waals surface area (Å²) in [5, 5.41) is 15.3. The van der Waals surface area contributed by atoms with Gasteiger partial charge in [-0.1, -0.05) is 23.8 Å². The number of rotatable bonds is 8. The van der Waals surface area contributed by atoms with Crippen molar-refractivity contribution in [2.24, 2.45) is 0 Å². The Bertz CT molecular complexity index is 903. The van der Waals surface area contributed by atoms with Gasteiger partial charge in [0.2, 0.25) is 0 Å². The highest BCUT2D eigenvalue weighted by atomic mass is 32.2. The average molecular weight is 396 g/mol. The van der Waals surface area contributed by atoms with Crippen molar-refractivity contribution in [1.82, 2.24) is 5.32 Å². The molecule has 28 heavy (non-hydrogen) atoms. The molecule has 1 atom stereocenters. The van der Waals surface area contributed by atoms with Crippen LogP contribution in [-0.2, 0) is 4.79 Å². The van der Waals surface area contributed by atoms with Crippen LogP contribution in [0.1, 0.15) is 31.0 Å². The van der Waals surface area contributed by atoms with Crippen LogP contribution < -0.4 is 15.4 Å². The van der Waals surface area contributed by atoms with Crippen LogP contribution in [-0.4, -0.2) is 18.8 Å². The Balaban J connectivity index is 2.13. The van der Waals surface area contributed by atoms with E-state index in [4.69, 9.17) is 4.74 Å². The van der Waals surface area contributed by atoms with Gasteiger partial charge in [0.05, 0.1) is 12.6 Å². The normalized spacial score (nSPS) is 12.0. The zero-order valence-electron chi connectivity index (χ0n) is 16.6. The Morgan fingerprint density at radius 3 is 2.79 bits per heavy atom. The van der Waals surface area contributed by atoms with E-state index in [2.05, 4.69) is 10.6 Å². The van der Waals surface area contributed by atoms with E-state index >= 15 is 0 Å². The van der Waals surface area contributed by atoms with Crippen LogP contribution in [0.4, 0.5) is 5.69 Å². The first-order chi connectivity index (χ1) is 13.5. The zero-order valence-corrected chi connectivity index (χ0v) is 17.4. The number of hydrogen-bond donors (Lipinski definition) is 2. The molecular formula is C22H25N3O2S. The molecule has 6 heteroatoms. The van der Waals surface area contributed by atoms with E-state index in [1.807, 2.05) is 75.6 Å². The fraction of sp³-hybridized carbons (Fsp3) is 0.273. The van der Waals surface area contributed by atoms with E-state index in [9.17, 15) is 10.1 Å². The Kier molecular flexibility index (Phi) is 7.97. The molecule has 2 rings (SSSR count). The van der Waals surface area contributed by atoms with Gasteiger partial charge in [0.1, 0.15) is 17.4 Å². The second-order valence-corrected chi connectivity index (χ2v) is 7.10. The molecule has 0 spiro atoms. The number of aryl methyl sites for hydroxylation is 1. The maximum atomic E-state index is 12.6. The van der Waals surface area contributed by atoms with Crippen LogP contribution in [0.15, 0.2) is 59.1 Å². The molecule has 0 aliphatic carbocycles. The summed E-state index contributed by atoms with van der Waals surface area (Å²) in [7, 11) is 0. The molecule has 146 valence electrons. The number of benzene rings is 2. The Labute approximate surface area is 170 Å². The van der Waals surface area contributed by atoms with Gasteiger partial charge in [-0.3, -0.25) is 4.79 Å². The first-order valence-electron chi connectivity index (χ1n) is 9.03. The molecule has 0 bridgehead atoms. The van der Waals surface area contributed by atoms with Crippen molar-refractivity contribution in [2.45, 2.75) is 31.7 Å². The SMILES string of the molecule is CCOc1ccc(C)cc1C(C)NC(=O)/C(C#N)=C\Nc1cccc(SC)c1. The van der Waals surface area contributed by atoms with Crippen LogP contribution in [0.2, 0.25) is 0 Å². The zero-order chi connectivity index (χ0) is 20.5. The first kappa shape index (κ1) is 21.4. The van der Waals surface area contributed by atoms with Crippen molar-refractivity contribution in [3.63, 3.8) is 0 Å². The number of anilines is 1. The van der Waals surface area contributed by atoms with E-state index in [-0.39, 0.29) is 11.6 Å². The van der Waals surface area contributed by atoms with Gasteiger partial charge in [0, 0.05) is 22.3 Å². The van der Waals surface area contributed by atoms with E-state index in [1.54, 1.807) is 11.8 Å². The van der Waals surface area contributed by atoms with Crippen molar-refractivity contribution < 1.29 is 9.53 Å².